The van der Waals surface area contributed by atoms with Crippen molar-refractivity contribution in [2.45, 2.75) is 46.1 Å². The monoisotopic (exact) mass is 419 g/mol. The highest BCUT2D eigenvalue weighted by Gasteiger charge is 2.30. The van der Waals surface area contributed by atoms with Crippen LogP contribution in [-0.2, 0) is 34.2 Å². The fourth-order valence-corrected chi connectivity index (χ4v) is 4.68. The predicted octanol–water partition coefficient (Wildman–Crippen LogP) is 2.97. The highest BCUT2D eigenvalue weighted by atomic mass is 32.1. The van der Waals surface area contributed by atoms with Crippen molar-refractivity contribution in [3.63, 3.8) is 0 Å². The molecule has 2 aromatic heterocycles. The summed E-state index contributed by atoms with van der Waals surface area (Å²) >= 11 is 1.40. The number of ether oxygens (including phenoxy) is 2. The Balaban J connectivity index is 1.76. The molecule has 1 amide bonds. The number of nitrogens with one attached hydrogen (secondary N) is 1. The number of fused-ring (bicyclic) bond motifs is 1. The van der Waals surface area contributed by atoms with Gasteiger partial charge in [-0.25, -0.2) is 9.59 Å². The molecule has 1 aliphatic carbocycles. The largest absolute Gasteiger partial charge is 0.462 e. The van der Waals surface area contributed by atoms with Crippen LogP contribution in [-0.4, -0.2) is 40.3 Å². The van der Waals surface area contributed by atoms with E-state index < -0.39 is 23.9 Å². The second kappa shape index (κ2) is 8.77. The van der Waals surface area contributed by atoms with Gasteiger partial charge in [0.2, 0.25) is 0 Å². The molecule has 0 radical (unpaired) electrons. The highest BCUT2D eigenvalue weighted by molar-refractivity contribution is 7.17. The molecule has 1 aliphatic rings. The third-order valence-electron chi connectivity index (χ3n) is 4.82. The van der Waals surface area contributed by atoms with Gasteiger partial charge in [-0.15, -0.1) is 11.3 Å². The molecule has 0 aromatic carbocycles. The van der Waals surface area contributed by atoms with Crippen molar-refractivity contribution in [2.75, 3.05) is 11.9 Å². The maximum Gasteiger partial charge on any atom is 0.342 e. The van der Waals surface area contributed by atoms with Crippen LogP contribution in [0.25, 0.3) is 0 Å². The Morgan fingerprint density at radius 2 is 2.14 bits per heavy atom. The summed E-state index contributed by atoms with van der Waals surface area (Å²) in [6, 6.07) is 0. The van der Waals surface area contributed by atoms with Gasteiger partial charge in [0.15, 0.2) is 6.10 Å². The summed E-state index contributed by atoms with van der Waals surface area (Å²) in [4.78, 5) is 38.4. The number of thiophene rings is 1. The maximum absolute atomic E-state index is 12.6. The minimum absolute atomic E-state index is 0.256. The van der Waals surface area contributed by atoms with E-state index in [4.69, 9.17) is 9.47 Å². The molecule has 2 heterocycles. The van der Waals surface area contributed by atoms with Crippen molar-refractivity contribution in [3.8, 4) is 0 Å². The summed E-state index contributed by atoms with van der Waals surface area (Å²) in [5, 5.41) is 7.13. The molecular formula is C20H25N3O5S. The highest BCUT2D eigenvalue weighted by Crippen LogP contribution is 2.40. The Morgan fingerprint density at radius 1 is 1.38 bits per heavy atom. The van der Waals surface area contributed by atoms with Crippen molar-refractivity contribution in [2.24, 2.45) is 13.0 Å². The number of carbonyl (C=O) groups is 3. The van der Waals surface area contributed by atoms with E-state index >= 15 is 0 Å². The fraction of sp³-hybridized carbons (Fsp3) is 0.500. The van der Waals surface area contributed by atoms with Gasteiger partial charge in [-0.3, -0.25) is 9.48 Å². The first kappa shape index (κ1) is 21.0. The topological polar surface area (TPSA) is 99.5 Å². The summed E-state index contributed by atoms with van der Waals surface area (Å²) in [7, 11) is 1.68. The van der Waals surface area contributed by atoms with E-state index in [1.807, 2.05) is 0 Å². The second-order valence-corrected chi connectivity index (χ2v) is 8.32. The molecule has 0 fully saturated rings. The smallest absolute Gasteiger partial charge is 0.342 e. The first-order chi connectivity index (χ1) is 13.8. The van der Waals surface area contributed by atoms with Crippen molar-refractivity contribution in [1.82, 2.24) is 9.78 Å². The zero-order chi connectivity index (χ0) is 21.1. The van der Waals surface area contributed by atoms with Crippen LogP contribution in [0.4, 0.5) is 5.00 Å². The van der Waals surface area contributed by atoms with Crippen molar-refractivity contribution in [1.29, 1.82) is 0 Å². The van der Waals surface area contributed by atoms with Crippen LogP contribution in [0.3, 0.4) is 0 Å². The Labute approximate surface area is 173 Å². The molecule has 0 spiro atoms. The van der Waals surface area contributed by atoms with Gasteiger partial charge in [-0.05, 0) is 44.6 Å². The van der Waals surface area contributed by atoms with E-state index in [1.165, 1.54) is 35.3 Å². The van der Waals surface area contributed by atoms with E-state index in [0.29, 0.717) is 16.5 Å². The lowest BCUT2D eigenvalue weighted by atomic mass is 9.88. The van der Waals surface area contributed by atoms with Crippen LogP contribution in [0.1, 0.15) is 58.3 Å². The summed E-state index contributed by atoms with van der Waals surface area (Å²) in [6.07, 6.45) is 4.50. The Hall–Kier alpha value is -2.68. The lowest BCUT2D eigenvalue weighted by Gasteiger charge is -2.18. The Bertz CT molecular complexity index is 933. The Kier molecular flexibility index (Phi) is 6.36. The lowest BCUT2D eigenvalue weighted by Crippen LogP contribution is -2.30. The fourth-order valence-electron chi connectivity index (χ4n) is 3.28. The number of rotatable bonds is 6. The standard InChI is InChI=1S/C20H25N3O5S/c1-5-27-20(26)16-14-7-6-11(2)8-15(14)29-18(16)22-17(24)12(3)28-19(25)13-9-21-23(4)10-13/h9-12H,5-8H2,1-4H3,(H,22,24)/t11-,12+/m1/s1. The first-order valence-electron chi connectivity index (χ1n) is 9.62. The van der Waals surface area contributed by atoms with Crippen LogP contribution in [0, 0.1) is 5.92 Å². The van der Waals surface area contributed by atoms with E-state index in [0.717, 1.165) is 29.7 Å². The quantitative estimate of drug-likeness (QED) is 0.723. The number of aromatic nitrogens is 2. The number of esters is 2. The molecule has 0 aliphatic heterocycles. The van der Waals surface area contributed by atoms with Gasteiger partial charge in [0.25, 0.3) is 5.91 Å². The van der Waals surface area contributed by atoms with Gasteiger partial charge in [0.05, 0.1) is 23.9 Å². The molecule has 9 heteroatoms. The summed E-state index contributed by atoms with van der Waals surface area (Å²) in [5.41, 5.74) is 1.65. The molecule has 1 N–H and O–H groups in total. The van der Waals surface area contributed by atoms with E-state index in [9.17, 15) is 14.4 Å². The molecule has 8 nitrogen and oxygen atoms in total. The molecule has 0 unspecified atom stereocenters. The van der Waals surface area contributed by atoms with Gasteiger partial charge in [-0.2, -0.15) is 5.10 Å². The first-order valence-corrected chi connectivity index (χ1v) is 10.4. The molecule has 29 heavy (non-hydrogen) atoms. The third kappa shape index (κ3) is 4.67. The van der Waals surface area contributed by atoms with E-state index in [1.54, 1.807) is 14.0 Å². The van der Waals surface area contributed by atoms with Crippen LogP contribution in [0.5, 0.6) is 0 Å². The summed E-state index contributed by atoms with van der Waals surface area (Å²) in [6.45, 7) is 5.66. The zero-order valence-corrected chi connectivity index (χ0v) is 17.8. The van der Waals surface area contributed by atoms with Gasteiger partial charge in [0, 0.05) is 18.1 Å². The number of anilines is 1. The molecule has 2 atom stereocenters. The molecule has 0 bridgehead atoms. The average molecular weight is 420 g/mol. The number of hydrogen-bond donors (Lipinski definition) is 1. The van der Waals surface area contributed by atoms with Crippen LogP contribution < -0.4 is 5.32 Å². The average Bonchev–Trinajstić information content (AvgIpc) is 3.24. The zero-order valence-electron chi connectivity index (χ0n) is 17.0. The number of nitrogens with zero attached hydrogens (tertiary/aromatic N) is 2. The minimum atomic E-state index is -1.03. The predicted molar refractivity (Wildman–Crippen MR) is 108 cm³/mol. The number of amides is 1. The normalized spacial score (nSPS) is 16.6. The molecule has 0 saturated heterocycles. The summed E-state index contributed by atoms with van der Waals surface area (Å²) < 4.78 is 11.9. The third-order valence-corrected chi connectivity index (χ3v) is 5.99. The second-order valence-electron chi connectivity index (χ2n) is 7.22. The molecule has 3 rings (SSSR count). The SMILES string of the molecule is CCOC(=O)c1c(NC(=O)[C@H](C)OC(=O)c2cnn(C)c2)sc2c1CC[C@@H](C)C2. The van der Waals surface area contributed by atoms with Crippen molar-refractivity contribution < 1.29 is 23.9 Å². The number of hydrogen-bond acceptors (Lipinski definition) is 7. The minimum Gasteiger partial charge on any atom is -0.462 e. The molecule has 156 valence electrons. The van der Waals surface area contributed by atoms with Gasteiger partial charge in [-0.1, -0.05) is 6.92 Å². The molecule has 2 aromatic rings. The Morgan fingerprint density at radius 3 is 2.79 bits per heavy atom. The van der Waals surface area contributed by atoms with Gasteiger partial charge >= 0.3 is 11.9 Å². The van der Waals surface area contributed by atoms with E-state index in [-0.39, 0.29) is 12.2 Å². The molecule has 0 saturated carbocycles. The molecular weight excluding hydrogens is 394 g/mol. The van der Waals surface area contributed by atoms with Crippen molar-refractivity contribution in [3.05, 3.63) is 34.0 Å². The lowest BCUT2D eigenvalue weighted by molar-refractivity contribution is -0.123. The van der Waals surface area contributed by atoms with E-state index in [2.05, 4.69) is 17.3 Å². The maximum atomic E-state index is 12.6. The van der Waals surface area contributed by atoms with Crippen LogP contribution in [0.2, 0.25) is 0 Å². The summed E-state index contributed by atoms with van der Waals surface area (Å²) in [5.74, 6) is -1.04. The van der Waals surface area contributed by atoms with Gasteiger partial charge in [0.1, 0.15) is 5.00 Å². The van der Waals surface area contributed by atoms with Crippen LogP contribution >= 0.6 is 11.3 Å². The number of carbonyl (C=O) groups excluding carboxylic acids is 3. The van der Waals surface area contributed by atoms with Crippen molar-refractivity contribution >= 4 is 34.2 Å². The van der Waals surface area contributed by atoms with Gasteiger partial charge < -0.3 is 14.8 Å². The van der Waals surface area contributed by atoms with Crippen LogP contribution in [0.15, 0.2) is 12.4 Å². The number of aryl methyl sites for hydroxylation is 1.